The Morgan fingerprint density at radius 2 is 1.87 bits per heavy atom. The fourth-order valence-electron chi connectivity index (χ4n) is 4.06. The molecule has 2 heterocycles. The van der Waals surface area contributed by atoms with Crippen LogP contribution in [0.3, 0.4) is 0 Å². The van der Waals surface area contributed by atoms with Crippen molar-refractivity contribution in [3.05, 3.63) is 23.8 Å². The van der Waals surface area contributed by atoms with Gasteiger partial charge >= 0.3 is 0 Å². The van der Waals surface area contributed by atoms with Crippen LogP contribution in [0.1, 0.15) is 38.2 Å². The van der Waals surface area contributed by atoms with Crippen LogP contribution in [0, 0.1) is 5.92 Å². The van der Waals surface area contributed by atoms with Crippen LogP contribution < -0.4 is 10.1 Å². The zero-order valence-electron chi connectivity index (χ0n) is 18.8. The molecule has 0 saturated carbocycles. The van der Waals surface area contributed by atoms with Gasteiger partial charge < -0.3 is 14.8 Å². The number of hydrogen-bond acceptors (Lipinski definition) is 6. The second-order valence-corrected chi connectivity index (χ2v) is 10.4. The SMILES string of the molecule is COc1ccc(C(C)C)cc1S(=O)(=O)N1CCC(C(=O)NCCN2CCOCC2)CC1. The molecule has 2 saturated heterocycles. The Balaban J connectivity index is 1.56. The summed E-state index contributed by atoms with van der Waals surface area (Å²) in [4.78, 5) is 15.0. The van der Waals surface area contributed by atoms with Gasteiger partial charge in [-0.15, -0.1) is 0 Å². The quantitative estimate of drug-likeness (QED) is 0.644. The molecule has 1 amide bonds. The third kappa shape index (κ3) is 5.97. The summed E-state index contributed by atoms with van der Waals surface area (Å²) in [5, 5.41) is 3.01. The Kier molecular flexibility index (Phi) is 8.32. The van der Waals surface area contributed by atoms with E-state index in [1.165, 1.54) is 11.4 Å². The van der Waals surface area contributed by atoms with E-state index < -0.39 is 10.0 Å². The number of methoxy groups -OCH3 is 1. The molecule has 2 fully saturated rings. The molecule has 31 heavy (non-hydrogen) atoms. The van der Waals surface area contributed by atoms with Crippen molar-refractivity contribution >= 4 is 15.9 Å². The van der Waals surface area contributed by atoms with Crippen LogP contribution in [0.5, 0.6) is 5.75 Å². The number of nitrogens with zero attached hydrogens (tertiary/aromatic N) is 2. The average Bonchev–Trinajstić information content (AvgIpc) is 2.79. The molecule has 1 N–H and O–H groups in total. The van der Waals surface area contributed by atoms with Crippen LogP contribution in [0.2, 0.25) is 0 Å². The minimum Gasteiger partial charge on any atom is -0.495 e. The number of benzene rings is 1. The van der Waals surface area contributed by atoms with E-state index in [0.717, 1.165) is 38.4 Å². The molecule has 0 unspecified atom stereocenters. The van der Waals surface area contributed by atoms with Crippen molar-refractivity contribution in [3.63, 3.8) is 0 Å². The molecular formula is C22H35N3O5S. The average molecular weight is 454 g/mol. The first-order valence-corrected chi connectivity index (χ1v) is 12.5. The highest BCUT2D eigenvalue weighted by molar-refractivity contribution is 7.89. The summed E-state index contributed by atoms with van der Waals surface area (Å²) >= 11 is 0. The summed E-state index contributed by atoms with van der Waals surface area (Å²) in [6, 6.07) is 5.33. The van der Waals surface area contributed by atoms with E-state index in [2.05, 4.69) is 10.2 Å². The number of piperidine rings is 1. The van der Waals surface area contributed by atoms with Gasteiger partial charge in [0.2, 0.25) is 15.9 Å². The van der Waals surface area contributed by atoms with E-state index in [4.69, 9.17) is 9.47 Å². The van der Waals surface area contributed by atoms with Gasteiger partial charge in [0.1, 0.15) is 10.6 Å². The number of nitrogens with one attached hydrogen (secondary N) is 1. The van der Waals surface area contributed by atoms with Crippen LogP contribution in [-0.2, 0) is 19.6 Å². The maximum atomic E-state index is 13.3. The lowest BCUT2D eigenvalue weighted by Gasteiger charge is -2.31. The molecular weight excluding hydrogens is 418 g/mol. The monoisotopic (exact) mass is 453 g/mol. The van der Waals surface area contributed by atoms with Crippen molar-refractivity contribution in [2.24, 2.45) is 5.92 Å². The Hall–Kier alpha value is -1.68. The summed E-state index contributed by atoms with van der Waals surface area (Å²) in [6.45, 7) is 9.42. The highest BCUT2D eigenvalue weighted by Gasteiger charge is 2.34. The summed E-state index contributed by atoms with van der Waals surface area (Å²) in [5.41, 5.74) is 0.953. The lowest BCUT2D eigenvalue weighted by molar-refractivity contribution is -0.126. The number of ether oxygens (including phenoxy) is 2. The lowest BCUT2D eigenvalue weighted by Crippen LogP contribution is -2.45. The van der Waals surface area contributed by atoms with E-state index >= 15 is 0 Å². The Morgan fingerprint density at radius 3 is 2.48 bits per heavy atom. The summed E-state index contributed by atoms with van der Waals surface area (Å²) in [6.07, 6.45) is 1.05. The number of hydrogen-bond donors (Lipinski definition) is 1. The van der Waals surface area contributed by atoms with Crippen molar-refractivity contribution < 1.29 is 22.7 Å². The number of carbonyl (C=O) groups is 1. The fourth-order valence-corrected chi connectivity index (χ4v) is 5.72. The van der Waals surface area contributed by atoms with E-state index in [1.807, 2.05) is 19.9 Å². The van der Waals surface area contributed by atoms with E-state index in [0.29, 0.717) is 38.2 Å². The molecule has 1 aromatic rings. The van der Waals surface area contributed by atoms with Crippen LogP contribution in [0.25, 0.3) is 0 Å². The van der Waals surface area contributed by atoms with Crippen LogP contribution >= 0.6 is 0 Å². The molecule has 174 valence electrons. The Labute approximate surface area is 185 Å². The topological polar surface area (TPSA) is 88.2 Å². The van der Waals surface area contributed by atoms with Crippen molar-refractivity contribution in [3.8, 4) is 5.75 Å². The second kappa shape index (κ2) is 10.8. The zero-order chi connectivity index (χ0) is 22.4. The molecule has 0 radical (unpaired) electrons. The standard InChI is InChI=1S/C22H35N3O5S/c1-17(2)19-4-5-20(29-3)21(16-19)31(27,28)25-9-6-18(7-10-25)22(26)23-8-11-24-12-14-30-15-13-24/h4-5,16-18H,6-15H2,1-3H3,(H,23,26). The van der Waals surface area contributed by atoms with Gasteiger partial charge in [0.15, 0.2) is 0 Å². The molecule has 3 rings (SSSR count). The van der Waals surface area contributed by atoms with Gasteiger partial charge in [0, 0.05) is 45.2 Å². The van der Waals surface area contributed by atoms with Gasteiger partial charge in [0.05, 0.1) is 20.3 Å². The third-order valence-corrected chi connectivity index (χ3v) is 8.05. The minimum atomic E-state index is -3.68. The highest BCUT2D eigenvalue weighted by atomic mass is 32.2. The van der Waals surface area contributed by atoms with Gasteiger partial charge in [-0.25, -0.2) is 8.42 Å². The molecule has 2 aliphatic heterocycles. The van der Waals surface area contributed by atoms with Crippen LogP contribution in [0.15, 0.2) is 23.1 Å². The minimum absolute atomic E-state index is 0.0182. The first-order valence-electron chi connectivity index (χ1n) is 11.1. The maximum absolute atomic E-state index is 13.3. The number of rotatable bonds is 8. The summed E-state index contributed by atoms with van der Waals surface area (Å²) < 4.78 is 38.7. The molecule has 1 aromatic carbocycles. The van der Waals surface area contributed by atoms with Crippen LogP contribution in [0.4, 0.5) is 0 Å². The molecule has 9 heteroatoms. The van der Waals surface area contributed by atoms with E-state index in [-0.39, 0.29) is 22.6 Å². The Bertz CT molecular complexity index is 845. The first-order chi connectivity index (χ1) is 14.8. The van der Waals surface area contributed by atoms with Crippen LogP contribution in [-0.4, -0.2) is 83.1 Å². The predicted molar refractivity (Wildman–Crippen MR) is 119 cm³/mol. The second-order valence-electron chi connectivity index (χ2n) is 8.49. The highest BCUT2D eigenvalue weighted by Crippen LogP contribution is 2.32. The largest absolute Gasteiger partial charge is 0.495 e. The molecule has 0 spiro atoms. The van der Waals surface area contributed by atoms with Crippen molar-refractivity contribution in [1.82, 2.24) is 14.5 Å². The summed E-state index contributed by atoms with van der Waals surface area (Å²) in [7, 11) is -2.20. The van der Waals surface area contributed by atoms with E-state index in [1.54, 1.807) is 12.1 Å². The normalized spacial score (nSPS) is 19.5. The van der Waals surface area contributed by atoms with E-state index in [9.17, 15) is 13.2 Å². The molecule has 0 aromatic heterocycles. The number of amides is 1. The lowest BCUT2D eigenvalue weighted by atomic mass is 9.97. The maximum Gasteiger partial charge on any atom is 0.246 e. The van der Waals surface area contributed by atoms with Crippen molar-refractivity contribution in [2.45, 2.75) is 37.5 Å². The zero-order valence-corrected chi connectivity index (χ0v) is 19.6. The van der Waals surface area contributed by atoms with Gasteiger partial charge in [-0.2, -0.15) is 4.31 Å². The molecule has 0 aliphatic carbocycles. The smallest absolute Gasteiger partial charge is 0.246 e. The third-order valence-electron chi connectivity index (χ3n) is 6.13. The predicted octanol–water partition coefficient (Wildman–Crippen LogP) is 1.67. The van der Waals surface area contributed by atoms with Gasteiger partial charge in [-0.3, -0.25) is 9.69 Å². The van der Waals surface area contributed by atoms with Crippen molar-refractivity contribution in [1.29, 1.82) is 0 Å². The molecule has 0 atom stereocenters. The van der Waals surface area contributed by atoms with Gasteiger partial charge in [-0.05, 0) is 36.5 Å². The molecule has 8 nitrogen and oxygen atoms in total. The summed E-state index contributed by atoms with van der Waals surface area (Å²) in [5.74, 6) is 0.434. The fraction of sp³-hybridized carbons (Fsp3) is 0.682. The number of carbonyl (C=O) groups excluding carboxylic acids is 1. The molecule has 2 aliphatic rings. The Morgan fingerprint density at radius 1 is 1.19 bits per heavy atom. The van der Waals surface area contributed by atoms with Gasteiger partial charge in [-0.1, -0.05) is 19.9 Å². The molecule has 0 bridgehead atoms. The van der Waals surface area contributed by atoms with Crippen molar-refractivity contribution in [2.75, 3.05) is 59.6 Å². The van der Waals surface area contributed by atoms with Gasteiger partial charge in [0.25, 0.3) is 0 Å². The number of sulfonamides is 1. The number of morpholine rings is 1. The first kappa shape index (κ1) is 24.0.